The fourth-order valence-corrected chi connectivity index (χ4v) is 0.738. The molecule has 4 nitrogen and oxygen atoms in total. The summed E-state index contributed by atoms with van der Waals surface area (Å²) < 4.78 is 23.9. The fraction of sp³-hybridized carbons (Fsp3) is 1.00. The van der Waals surface area contributed by atoms with E-state index in [1.165, 1.54) is 5.06 Å². The second-order valence-electron chi connectivity index (χ2n) is 1.63. The molecule has 0 radical (unpaired) electrons. The Kier molecular flexibility index (Phi) is 4.88. The highest BCUT2D eigenvalue weighted by molar-refractivity contribution is 7.74. The van der Waals surface area contributed by atoms with Gasteiger partial charge in [-0.15, -0.1) is 0 Å². The quantitative estimate of drug-likeness (QED) is 0.422. The van der Waals surface area contributed by atoms with E-state index in [2.05, 4.69) is 4.28 Å². The van der Waals surface area contributed by atoms with Gasteiger partial charge in [-0.2, -0.15) is 5.06 Å². The molecule has 0 spiro atoms. The lowest BCUT2D eigenvalue weighted by Gasteiger charge is -2.15. The van der Waals surface area contributed by atoms with Gasteiger partial charge in [0.25, 0.3) is 0 Å². The van der Waals surface area contributed by atoms with Crippen molar-refractivity contribution in [2.45, 2.75) is 13.3 Å². The van der Waals surface area contributed by atoms with Crippen LogP contribution in [0.1, 0.15) is 13.3 Å². The summed E-state index contributed by atoms with van der Waals surface area (Å²) in [6.07, 6.45) is 0.869. The summed E-state index contributed by atoms with van der Waals surface area (Å²) in [7, 11) is 1.57. The summed E-state index contributed by atoms with van der Waals surface area (Å²) in [6.45, 7) is 2.56. The first-order chi connectivity index (χ1) is 4.16. The Morgan fingerprint density at radius 2 is 2.33 bits per heavy atom. The number of hydrogen-bond acceptors (Lipinski definition) is 4. The molecule has 0 N–H and O–H groups in total. The van der Waals surface area contributed by atoms with Gasteiger partial charge in [0.1, 0.15) is 11.4 Å². The van der Waals surface area contributed by atoms with Crippen molar-refractivity contribution in [3.63, 3.8) is 0 Å². The fourth-order valence-electron chi connectivity index (χ4n) is 0.456. The standard InChI is InChI=1S/C4H11NO3S/c1-3-4-5(2)8-9(6)7/h3-4H2,1-2H3,(H,6,7)/p-1. The molecule has 0 saturated heterocycles. The molecule has 0 amide bonds. The SMILES string of the molecule is CCCN(C)OS(=O)[O-]. The second kappa shape index (κ2) is 4.87. The van der Waals surface area contributed by atoms with Crippen molar-refractivity contribution in [1.82, 2.24) is 5.06 Å². The van der Waals surface area contributed by atoms with E-state index < -0.39 is 11.4 Å². The molecular weight excluding hydrogens is 142 g/mol. The third-order valence-corrected chi connectivity index (χ3v) is 1.10. The van der Waals surface area contributed by atoms with Crippen LogP contribution in [-0.2, 0) is 15.6 Å². The van der Waals surface area contributed by atoms with Gasteiger partial charge in [-0.3, -0.25) is 0 Å². The van der Waals surface area contributed by atoms with Crippen LogP contribution in [0.3, 0.4) is 0 Å². The summed E-state index contributed by atoms with van der Waals surface area (Å²) in [6, 6.07) is 0. The first-order valence-electron chi connectivity index (χ1n) is 2.65. The number of rotatable bonds is 4. The van der Waals surface area contributed by atoms with Crippen LogP contribution in [-0.4, -0.2) is 27.4 Å². The van der Waals surface area contributed by atoms with E-state index in [4.69, 9.17) is 0 Å². The van der Waals surface area contributed by atoms with Gasteiger partial charge in [-0.25, -0.2) is 8.49 Å². The van der Waals surface area contributed by atoms with Crippen LogP contribution in [0.5, 0.6) is 0 Å². The Morgan fingerprint density at radius 1 is 1.78 bits per heavy atom. The first-order valence-corrected chi connectivity index (χ1v) is 3.65. The van der Waals surface area contributed by atoms with Gasteiger partial charge >= 0.3 is 0 Å². The van der Waals surface area contributed by atoms with Crippen LogP contribution in [0.2, 0.25) is 0 Å². The third kappa shape index (κ3) is 5.91. The Balaban J connectivity index is 3.26. The van der Waals surface area contributed by atoms with Crippen LogP contribution >= 0.6 is 0 Å². The van der Waals surface area contributed by atoms with Gasteiger partial charge in [0, 0.05) is 13.6 Å². The Bertz CT molecular complexity index is 97.8. The molecule has 0 fully saturated rings. The van der Waals surface area contributed by atoms with E-state index in [1.807, 2.05) is 6.92 Å². The molecule has 0 heterocycles. The zero-order valence-corrected chi connectivity index (χ0v) is 6.31. The van der Waals surface area contributed by atoms with Crippen LogP contribution in [0.15, 0.2) is 0 Å². The molecule has 0 aromatic carbocycles. The summed E-state index contributed by atoms with van der Waals surface area (Å²) in [5, 5.41) is 1.27. The lowest BCUT2D eigenvalue weighted by atomic mass is 10.5. The topological polar surface area (TPSA) is 52.6 Å². The van der Waals surface area contributed by atoms with Crippen molar-refractivity contribution in [3.8, 4) is 0 Å². The molecule has 0 aromatic rings. The average molecular weight is 152 g/mol. The van der Waals surface area contributed by atoms with Crippen molar-refractivity contribution in [3.05, 3.63) is 0 Å². The maximum atomic E-state index is 9.82. The van der Waals surface area contributed by atoms with Crippen molar-refractivity contribution >= 4 is 11.4 Å². The Hall–Kier alpha value is 0.0300. The highest BCUT2D eigenvalue weighted by atomic mass is 32.2. The van der Waals surface area contributed by atoms with Crippen LogP contribution in [0, 0.1) is 0 Å². The monoisotopic (exact) mass is 152 g/mol. The number of hydroxylamine groups is 2. The minimum Gasteiger partial charge on any atom is -0.748 e. The molecular formula is C4H10NO3S-. The van der Waals surface area contributed by atoms with Crippen LogP contribution in [0.4, 0.5) is 0 Å². The molecule has 0 bridgehead atoms. The molecule has 0 aromatic heterocycles. The van der Waals surface area contributed by atoms with E-state index in [1.54, 1.807) is 7.05 Å². The molecule has 56 valence electrons. The van der Waals surface area contributed by atoms with Crippen LogP contribution < -0.4 is 0 Å². The second-order valence-corrected chi connectivity index (χ2v) is 2.19. The minimum absolute atomic E-state index is 0.619. The summed E-state index contributed by atoms with van der Waals surface area (Å²) in [5.41, 5.74) is 0. The number of nitrogens with zero attached hydrogens (tertiary/aromatic N) is 1. The highest BCUT2D eigenvalue weighted by Gasteiger charge is 1.93. The Labute approximate surface area is 57.2 Å². The molecule has 0 aliphatic rings. The highest BCUT2D eigenvalue weighted by Crippen LogP contribution is 1.88. The van der Waals surface area contributed by atoms with Gasteiger partial charge in [-0.1, -0.05) is 6.92 Å². The lowest BCUT2D eigenvalue weighted by Crippen LogP contribution is -2.20. The zero-order valence-electron chi connectivity index (χ0n) is 5.49. The van der Waals surface area contributed by atoms with Crippen LogP contribution in [0.25, 0.3) is 0 Å². The van der Waals surface area contributed by atoms with Crippen molar-refractivity contribution < 1.29 is 13.0 Å². The molecule has 1 unspecified atom stereocenters. The van der Waals surface area contributed by atoms with Crippen molar-refractivity contribution in [2.24, 2.45) is 0 Å². The van der Waals surface area contributed by atoms with Gasteiger partial charge in [0.15, 0.2) is 0 Å². The molecule has 0 rings (SSSR count). The molecule has 1 atom stereocenters. The normalized spacial score (nSPS) is 14.2. The van der Waals surface area contributed by atoms with Gasteiger partial charge in [-0.05, 0) is 6.42 Å². The van der Waals surface area contributed by atoms with Gasteiger partial charge in [0.05, 0.1) is 0 Å². The third-order valence-electron chi connectivity index (χ3n) is 0.727. The summed E-state index contributed by atoms with van der Waals surface area (Å²) >= 11 is -2.42. The predicted molar refractivity (Wildman–Crippen MR) is 32.9 cm³/mol. The Morgan fingerprint density at radius 3 is 2.67 bits per heavy atom. The largest absolute Gasteiger partial charge is 0.748 e. The lowest BCUT2D eigenvalue weighted by molar-refractivity contribution is -0.0261. The molecule has 9 heavy (non-hydrogen) atoms. The summed E-state index contributed by atoms with van der Waals surface area (Å²) in [5.74, 6) is 0. The first kappa shape index (κ1) is 9.03. The van der Waals surface area contributed by atoms with Gasteiger partial charge in [0.2, 0.25) is 0 Å². The summed E-state index contributed by atoms with van der Waals surface area (Å²) in [4.78, 5) is 0. The maximum absolute atomic E-state index is 9.82. The predicted octanol–water partition coefficient (Wildman–Crippen LogP) is 0.0539. The zero-order chi connectivity index (χ0) is 7.28. The van der Waals surface area contributed by atoms with E-state index in [-0.39, 0.29) is 0 Å². The van der Waals surface area contributed by atoms with E-state index >= 15 is 0 Å². The van der Waals surface area contributed by atoms with E-state index in [0.29, 0.717) is 6.54 Å². The minimum atomic E-state index is -2.42. The molecule has 0 aliphatic heterocycles. The van der Waals surface area contributed by atoms with E-state index in [9.17, 15) is 8.76 Å². The molecule has 5 heteroatoms. The van der Waals surface area contributed by atoms with Crippen molar-refractivity contribution in [1.29, 1.82) is 0 Å². The number of hydrogen-bond donors (Lipinski definition) is 0. The maximum Gasteiger partial charge on any atom is 0.106 e. The van der Waals surface area contributed by atoms with E-state index in [0.717, 1.165) is 6.42 Å². The average Bonchev–Trinajstić information content (AvgIpc) is 1.63. The smallest absolute Gasteiger partial charge is 0.106 e. The van der Waals surface area contributed by atoms with Gasteiger partial charge < -0.3 is 4.55 Å². The molecule has 0 aliphatic carbocycles. The molecule has 0 saturated carbocycles. The van der Waals surface area contributed by atoms with Crippen molar-refractivity contribution in [2.75, 3.05) is 13.6 Å².